The Morgan fingerprint density at radius 1 is 1.05 bits per heavy atom. The fourth-order valence-electron chi connectivity index (χ4n) is 1.96. The fraction of sp³-hybridized carbons (Fsp3) is 0.133. The Morgan fingerprint density at radius 2 is 1.74 bits per heavy atom. The van der Waals surface area contributed by atoms with Crippen LogP contribution in [0.4, 0.5) is 13.2 Å². The van der Waals surface area contributed by atoms with Crippen LogP contribution < -0.4 is 0 Å². The lowest BCUT2D eigenvalue weighted by Gasteiger charge is -2.11. The summed E-state index contributed by atoms with van der Waals surface area (Å²) in [5, 5.41) is 0. The minimum atomic E-state index is -4.37. The number of carbonyl (C=O) groups excluding carboxylic acids is 1. The highest BCUT2D eigenvalue weighted by atomic mass is 19.4. The summed E-state index contributed by atoms with van der Waals surface area (Å²) < 4.78 is 38.0. The van der Waals surface area contributed by atoms with E-state index in [2.05, 4.69) is 0 Å². The second kappa shape index (κ2) is 4.88. The molecule has 0 saturated heterocycles. The molecule has 0 bridgehead atoms. The molecule has 0 aromatic heterocycles. The van der Waals surface area contributed by atoms with Gasteiger partial charge in [0.1, 0.15) is 6.29 Å². The smallest absolute Gasteiger partial charge is 0.298 e. The molecule has 0 fully saturated rings. The molecule has 0 saturated carbocycles. The molecule has 2 aromatic carbocycles. The molecule has 0 aliphatic heterocycles. The average molecular weight is 264 g/mol. The Labute approximate surface area is 108 Å². The maximum atomic E-state index is 12.7. The number of halogens is 3. The predicted molar refractivity (Wildman–Crippen MR) is 67.0 cm³/mol. The summed E-state index contributed by atoms with van der Waals surface area (Å²) in [6, 6.07) is 10.1. The van der Waals surface area contributed by atoms with Crippen molar-refractivity contribution in [2.75, 3.05) is 0 Å². The van der Waals surface area contributed by atoms with Crippen LogP contribution in [0.15, 0.2) is 42.5 Å². The average Bonchev–Trinajstić information content (AvgIpc) is 2.38. The summed E-state index contributed by atoms with van der Waals surface area (Å²) in [7, 11) is 0. The number of benzene rings is 2. The van der Waals surface area contributed by atoms with E-state index in [1.807, 2.05) is 0 Å². The minimum absolute atomic E-state index is 0.455. The topological polar surface area (TPSA) is 17.1 Å². The van der Waals surface area contributed by atoms with Gasteiger partial charge in [-0.25, -0.2) is 0 Å². The Morgan fingerprint density at radius 3 is 2.37 bits per heavy atom. The predicted octanol–water partition coefficient (Wildman–Crippen LogP) is 4.49. The van der Waals surface area contributed by atoms with E-state index in [0.717, 1.165) is 12.1 Å². The monoisotopic (exact) mass is 264 g/mol. The number of carbonyl (C=O) groups is 1. The first-order chi connectivity index (χ1) is 8.93. The zero-order valence-electron chi connectivity index (χ0n) is 10.2. The van der Waals surface area contributed by atoms with Gasteiger partial charge in [0.25, 0.3) is 0 Å². The van der Waals surface area contributed by atoms with Gasteiger partial charge in [-0.2, -0.15) is 13.2 Å². The second-order valence-electron chi connectivity index (χ2n) is 4.22. The Kier molecular flexibility index (Phi) is 3.42. The first kappa shape index (κ1) is 13.3. The summed E-state index contributed by atoms with van der Waals surface area (Å²) in [5.41, 5.74) is 1.55. The van der Waals surface area contributed by atoms with Crippen LogP contribution in [0.1, 0.15) is 21.5 Å². The van der Waals surface area contributed by atoms with E-state index in [-0.39, 0.29) is 0 Å². The summed E-state index contributed by atoms with van der Waals surface area (Å²) in [5.74, 6) is 0. The van der Waals surface area contributed by atoms with Crippen LogP contribution in [-0.2, 0) is 6.18 Å². The van der Waals surface area contributed by atoms with Crippen molar-refractivity contribution < 1.29 is 18.0 Å². The summed E-state index contributed by atoms with van der Waals surface area (Å²) in [6.45, 7) is 1.72. The normalized spacial score (nSPS) is 11.4. The second-order valence-corrected chi connectivity index (χ2v) is 4.22. The standard InChI is InChI=1S/C15H11F3O/c1-10-12(9-19)5-3-7-14(10)11-4-2-6-13(8-11)15(16,17)18/h2-9H,1H3. The first-order valence-corrected chi connectivity index (χ1v) is 5.66. The third-order valence-electron chi connectivity index (χ3n) is 3.00. The van der Waals surface area contributed by atoms with Crippen molar-refractivity contribution >= 4 is 6.29 Å². The zero-order chi connectivity index (χ0) is 14.0. The third kappa shape index (κ3) is 2.67. The van der Waals surface area contributed by atoms with Gasteiger partial charge in [0.05, 0.1) is 5.56 Å². The van der Waals surface area contributed by atoms with Crippen LogP contribution in [0.2, 0.25) is 0 Å². The van der Waals surface area contributed by atoms with Crippen molar-refractivity contribution in [1.29, 1.82) is 0 Å². The van der Waals surface area contributed by atoms with Gasteiger partial charge in [-0.15, -0.1) is 0 Å². The number of aldehydes is 1. The molecule has 2 aromatic rings. The van der Waals surface area contributed by atoms with Gasteiger partial charge in [-0.1, -0.05) is 30.3 Å². The number of alkyl halides is 3. The molecular formula is C15H11F3O. The van der Waals surface area contributed by atoms with Crippen molar-refractivity contribution in [1.82, 2.24) is 0 Å². The first-order valence-electron chi connectivity index (χ1n) is 5.66. The van der Waals surface area contributed by atoms with Crippen molar-refractivity contribution in [2.24, 2.45) is 0 Å². The summed E-state index contributed by atoms with van der Waals surface area (Å²) in [4.78, 5) is 10.9. The number of hydrogen-bond acceptors (Lipinski definition) is 1. The van der Waals surface area contributed by atoms with E-state index < -0.39 is 11.7 Å². The highest BCUT2D eigenvalue weighted by Gasteiger charge is 2.30. The van der Waals surface area contributed by atoms with Gasteiger partial charge in [-0.05, 0) is 35.7 Å². The van der Waals surface area contributed by atoms with Crippen LogP contribution >= 0.6 is 0 Å². The van der Waals surface area contributed by atoms with E-state index in [1.165, 1.54) is 6.07 Å². The highest BCUT2D eigenvalue weighted by Crippen LogP contribution is 2.33. The molecule has 0 unspecified atom stereocenters. The lowest BCUT2D eigenvalue weighted by Crippen LogP contribution is -2.04. The van der Waals surface area contributed by atoms with Crippen molar-refractivity contribution in [3.63, 3.8) is 0 Å². The van der Waals surface area contributed by atoms with Gasteiger partial charge in [0.15, 0.2) is 0 Å². The third-order valence-corrected chi connectivity index (χ3v) is 3.00. The van der Waals surface area contributed by atoms with Crippen molar-refractivity contribution in [3.05, 3.63) is 59.2 Å². The van der Waals surface area contributed by atoms with Crippen LogP contribution in [0.25, 0.3) is 11.1 Å². The molecule has 4 heteroatoms. The molecule has 1 nitrogen and oxygen atoms in total. The molecule has 0 heterocycles. The largest absolute Gasteiger partial charge is 0.416 e. The van der Waals surface area contributed by atoms with E-state index in [4.69, 9.17) is 0 Å². The van der Waals surface area contributed by atoms with Gasteiger partial charge >= 0.3 is 6.18 Å². The molecule has 0 spiro atoms. The number of hydrogen-bond donors (Lipinski definition) is 0. The van der Waals surface area contributed by atoms with Crippen LogP contribution in [0, 0.1) is 6.92 Å². The quantitative estimate of drug-likeness (QED) is 0.730. The highest BCUT2D eigenvalue weighted by molar-refractivity contribution is 5.82. The minimum Gasteiger partial charge on any atom is -0.298 e. The molecular weight excluding hydrogens is 253 g/mol. The van der Waals surface area contributed by atoms with Crippen LogP contribution in [-0.4, -0.2) is 6.29 Å². The van der Waals surface area contributed by atoms with Crippen molar-refractivity contribution in [3.8, 4) is 11.1 Å². The van der Waals surface area contributed by atoms with Gasteiger partial charge in [0, 0.05) is 5.56 Å². The lowest BCUT2D eigenvalue weighted by atomic mass is 9.96. The molecule has 0 atom stereocenters. The lowest BCUT2D eigenvalue weighted by molar-refractivity contribution is -0.137. The van der Waals surface area contributed by atoms with E-state index >= 15 is 0 Å². The molecule has 0 N–H and O–H groups in total. The van der Waals surface area contributed by atoms with E-state index in [1.54, 1.807) is 31.2 Å². The Hall–Kier alpha value is -2.10. The SMILES string of the molecule is Cc1c(C=O)cccc1-c1cccc(C(F)(F)F)c1. The molecule has 0 radical (unpaired) electrons. The van der Waals surface area contributed by atoms with Gasteiger partial charge in [-0.3, -0.25) is 4.79 Å². The van der Waals surface area contributed by atoms with E-state index in [9.17, 15) is 18.0 Å². The van der Waals surface area contributed by atoms with Crippen LogP contribution in [0.5, 0.6) is 0 Å². The maximum absolute atomic E-state index is 12.7. The summed E-state index contributed by atoms with van der Waals surface area (Å²) in [6.07, 6.45) is -3.67. The zero-order valence-corrected chi connectivity index (χ0v) is 10.2. The van der Waals surface area contributed by atoms with Crippen LogP contribution in [0.3, 0.4) is 0 Å². The van der Waals surface area contributed by atoms with Gasteiger partial charge in [0.2, 0.25) is 0 Å². The Balaban J connectivity index is 2.57. The van der Waals surface area contributed by atoms with Crippen molar-refractivity contribution in [2.45, 2.75) is 13.1 Å². The maximum Gasteiger partial charge on any atom is 0.416 e. The fourth-order valence-corrected chi connectivity index (χ4v) is 1.96. The molecule has 2 rings (SSSR count). The molecule has 0 aliphatic carbocycles. The van der Waals surface area contributed by atoms with Gasteiger partial charge < -0.3 is 0 Å². The molecule has 19 heavy (non-hydrogen) atoms. The summed E-state index contributed by atoms with van der Waals surface area (Å²) >= 11 is 0. The molecule has 98 valence electrons. The molecule has 0 amide bonds. The number of rotatable bonds is 2. The Bertz CT molecular complexity index is 615. The van der Waals surface area contributed by atoms with E-state index in [0.29, 0.717) is 28.5 Å². The molecule has 0 aliphatic rings.